The molecule has 0 aromatic carbocycles. The van der Waals surface area contributed by atoms with Gasteiger partial charge in [-0.15, -0.1) is 0 Å². The first-order chi connectivity index (χ1) is 9.12. The van der Waals surface area contributed by atoms with E-state index in [1.54, 1.807) is 0 Å². The Labute approximate surface area is 113 Å². The van der Waals surface area contributed by atoms with E-state index in [-0.39, 0.29) is 5.60 Å². The van der Waals surface area contributed by atoms with E-state index in [2.05, 4.69) is 10.1 Å². The molecule has 0 spiro atoms. The Hall–Kier alpha value is -0.940. The molecule has 1 aromatic heterocycles. The summed E-state index contributed by atoms with van der Waals surface area (Å²) in [6.45, 7) is 2.80. The van der Waals surface area contributed by atoms with Crippen LogP contribution in [0.4, 0.5) is 0 Å². The van der Waals surface area contributed by atoms with Gasteiger partial charge in [-0.05, 0) is 32.6 Å². The molecule has 19 heavy (non-hydrogen) atoms. The molecule has 2 N–H and O–H groups in total. The number of nitrogens with zero attached hydrogens (tertiary/aromatic N) is 2. The zero-order chi connectivity index (χ0) is 13.3. The average molecular weight is 265 g/mol. The summed E-state index contributed by atoms with van der Waals surface area (Å²) in [7, 11) is 0. The second-order valence-electron chi connectivity index (χ2n) is 6.18. The van der Waals surface area contributed by atoms with Crippen molar-refractivity contribution in [3.05, 3.63) is 11.7 Å². The van der Waals surface area contributed by atoms with Gasteiger partial charge in [0, 0.05) is 6.61 Å². The number of hydrogen-bond donors (Lipinski definition) is 1. The van der Waals surface area contributed by atoms with Crippen molar-refractivity contribution in [1.82, 2.24) is 10.1 Å². The second kappa shape index (κ2) is 4.87. The van der Waals surface area contributed by atoms with Gasteiger partial charge in [-0.3, -0.25) is 0 Å². The minimum Gasteiger partial charge on any atom is -0.367 e. The Kier molecular flexibility index (Phi) is 3.35. The van der Waals surface area contributed by atoms with Crippen LogP contribution in [-0.4, -0.2) is 16.7 Å². The van der Waals surface area contributed by atoms with Crippen LogP contribution in [-0.2, 0) is 15.9 Å². The van der Waals surface area contributed by atoms with Crippen LogP contribution in [0, 0.1) is 0 Å². The molecule has 1 atom stereocenters. The van der Waals surface area contributed by atoms with Gasteiger partial charge in [-0.25, -0.2) is 0 Å². The molecular weight excluding hydrogens is 242 g/mol. The summed E-state index contributed by atoms with van der Waals surface area (Å²) in [5.74, 6) is 1.26. The molecule has 0 amide bonds. The predicted molar refractivity (Wildman–Crippen MR) is 70.4 cm³/mol. The lowest BCUT2D eigenvalue weighted by Gasteiger charge is -2.23. The van der Waals surface area contributed by atoms with Gasteiger partial charge in [0.25, 0.3) is 0 Å². The molecule has 0 radical (unpaired) electrons. The largest absolute Gasteiger partial charge is 0.367 e. The summed E-state index contributed by atoms with van der Waals surface area (Å²) in [4.78, 5) is 4.57. The number of nitrogens with two attached hydrogens (primary N) is 1. The van der Waals surface area contributed by atoms with E-state index in [9.17, 15) is 0 Å². The first kappa shape index (κ1) is 13.1. The molecule has 3 rings (SSSR count). The zero-order valence-electron chi connectivity index (χ0n) is 11.7. The molecule has 1 aliphatic carbocycles. The topological polar surface area (TPSA) is 74.2 Å². The Balaban J connectivity index is 1.83. The van der Waals surface area contributed by atoms with E-state index >= 15 is 0 Å². The van der Waals surface area contributed by atoms with E-state index in [0.717, 1.165) is 45.1 Å². The molecule has 2 heterocycles. The Bertz CT molecular complexity index is 430. The van der Waals surface area contributed by atoms with E-state index in [4.69, 9.17) is 15.0 Å². The van der Waals surface area contributed by atoms with Crippen molar-refractivity contribution in [2.24, 2.45) is 5.73 Å². The molecular formula is C14H23N3O2. The van der Waals surface area contributed by atoms with E-state index in [0.29, 0.717) is 11.7 Å². The quantitative estimate of drug-likeness (QED) is 0.832. The van der Waals surface area contributed by atoms with Crippen LogP contribution in [0.15, 0.2) is 4.52 Å². The van der Waals surface area contributed by atoms with Crippen molar-refractivity contribution < 1.29 is 9.26 Å². The molecule has 5 heteroatoms. The lowest BCUT2D eigenvalue weighted by molar-refractivity contribution is 0.00768. The number of rotatable bonds is 2. The van der Waals surface area contributed by atoms with Gasteiger partial charge in [0.05, 0.1) is 5.54 Å². The van der Waals surface area contributed by atoms with Gasteiger partial charge in [-0.2, -0.15) is 4.98 Å². The Morgan fingerprint density at radius 1 is 1.05 bits per heavy atom. The maximum Gasteiger partial charge on any atom is 0.246 e. The summed E-state index contributed by atoms with van der Waals surface area (Å²) >= 11 is 0. The predicted octanol–water partition coefficient (Wildman–Crippen LogP) is 2.60. The highest BCUT2D eigenvalue weighted by molar-refractivity contribution is 5.08. The average Bonchev–Trinajstić information content (AvgIpc) is 2.99. The highest BCUT2D eigenvalue weighted by Crippen LogP contribution is 2.37. The highest BCUT2D eigenvalue weighted by atomic mass is 16.5. The van der Waals surface area contributed by atoms with Crippen molar-refractivity contribution in [2.75, 3.05) is 6.61 Å². The maximum atomic E-state index is 6.50. The summed E-state index contributed by atoms with van der Waals surface area (Å²) in [6, 6.07) is 0. The minimum absolute atomic E-state index is 0.386. The lowest BCUT2D eigenvalue weighted by Crippen LogP contribution is -2.36. The maximum absolute atomic E-state index is 6.50. The zero-order valence-corrected chi connectivity index (χ0v) is 11.7. The lowest BCUT2D eigenvalue weighted by atomic mass is 9.91. The van der Waals surface area contributed by atoms with Gasteiger partial charge in [0.2, 0.25) is 11.7 Å². The third-order valence-corrected chi connectivity index (χ3v) is 4.54. The van der Waals surface area contributed by atoms with Crippen molar-refractivity contribution in [3.63, 3.8) is 0 Å². The standard InChI is InChI=1S/C14H23N3O2/c1-13(7-6-10-18-13)11-16-12(19-17-11)14(15)8-4-2-3-5-9-14/h2-10,15H2,1H3. The van der Waals surface area contributed by atoms with E-state index in [1.165, 1.54) is 12.8 Å². The van der Waals surface area contributed by atoms with Crippen molar-refractivity contribution in [3.8, 4) is 0 Å². The molecule has 1 aliphatic heterocycles. The first-order valence-electron chi connectivity index (χ1n) is 7.40. The van der Waals surface area contributed by atoms with Crippen molar-refractivity contribution in [1.29, 1.82) is 0 Å². The second-order valence-corrected chi connectivity index (χ2v) is 6.18. The van der Waals surface area contributed by atoms with Crippen LogP contribution in [0.3, 0.4) is 0 Å². The number of ether oxygens (including phenoxy) is 1. The van der Waals surface area contributed by atoms with Crippen LogP contribution < -0.4 is 5.73 Å². The summed E-state index contributed by atoms with van der Waals surface area (Å²) in [5, 5.41) is 4.13. The van der Waals surface area contributed by atoms with Crippen LogP contribution in [0.2, 0.25) is 0 Å². The number of hydrogen-bond acceptors (Lipinski definition) is 5. The normalized spacial score (nSPS) is 31.3. The Morgan fingerprint density at radius 2 is 1.79 bits per heavy atom. The third kappa shape index (κ3) is 2.41. The first-order valence-corrected chi connectivity index (χ1v) is 7.40. The van der Waals surface area contributed by atoms with Gasteiger partial charge < -0.3 is 15.0 Å². The molecule has 2 fully saturated rings. The molecule has 0 bridgehead atoms. The van der Waals surface area contributed by atoms with Crippen LogP contribution in [0.25, 0.3) is 0 Å². The van der Waals surface area contributed by atoms with E-state index in [1.807, 2.05) is 6.92 Å². The fraction of sp³-hybridized carbons (Fsp3) is 0.857. The fourth-order valence-electron chi connectivity index (χ4n) is 3.17. The molecule has 1 saturated heterocycles. The van der Waals surface area contributed by atoms with Crippen LogP contribution in [0.5, 0.6) is 0 Å². The van der Waals surface area contributed by atoms with Gasteiger partial charge in [-0.1, -0.05) is 30.8 Å². The summed E-state index contributed by atoms with van der Waals surface area (Å²) in [6.07, 6.45) is 8.65. The minimum atomic E-state index is -0.434. The molecule has 1 aromatic rings. The third-order valence-electron chi connectivity index (χ3n) is 4.54. The monoisotopic (exact) mass is 265 g/mol. The molecule has 106 valence electrons. The smallest absolute Gasteiger partial charge is 0.246 e. The summed E-state index contributed by atoms with van der Waals surface area (Å²) in [5.41, 5.74) is 5.68. The van der Waals surface area contributed by atoms with Crippen molar-refractivity contribution >= 4 is 0 Å². The van der Waals surface area contributed by atoms with Gasteiger partial charge >= 0.3 is 0 Å². The van der Waals surface area contributed by atoms with Gasteiger partial charge in [0.15, 0.2) is 0 Å². The molecule has 1 saturated carbocycles. The van der Waals surface area contributed by atoms with Crippen molar-refractivity contribution in [2.45, 2.75) is 69.4 Å². The fourth-order valence-corrected chi connectivity index (χ4v) is 3.17. The molecule has 1 unspecified atom stereocenters. The van der Waals surface area contributed by atoms with Crippen LogP contribution in [0.1, 0.15) is 70.0 Å². The highest BCUT2D eigenvalue weighted by Gasteiger charge is 2.40. The summed E-state index contributed by atoms with van der Waals surface area (Å²) < 4.78 is 11.2. The van der Waals surface area contributed by atoms with E-state index < -0.39 is 5.54 Å². The SMILES string of the molecule is CC1(c2noc(C3(N)CCCCCC3)n2)CCCO1. The molecule has 2 aliphatic rings. The number of aromatic nitrogens is 2. The Morgan fingerprint density at radius 3 is 2.42 bits per heavy atom. The molecule has 5 nitrogen and oxygen atoms in total. The van der Waals surface area contributed by atoms with Gasteiger partial charge in [0.1, 0.15) is 5.60 Å². The van der Waals surface area contributed by atoms with Crippen LogP contribution >= 0.6 is 0 Å².